The van der Waals surface area contributed by atoms with Crippen LogP contribution in [0.5, 0.6) is 0 Å². The van der Waals surface area contributed by atoms with Gasteiger partial charge in [0.05, 0.1) is 11.1 Å². The number of amides is 2. The molecule has 1 unspecified atom stereocenters. The summed E-state index contributed by atoms with van der Waals surface area (Å²) in [6.45, 7) is 7.60. The molecule has 0 aliphatic carbocycles. The lowest BCUT2D eigenvalue weighted by Gasteiger charge is -2.31. The lowest BCUT2D eigenvalue weighted by atomic mass is 9.99. The van der Waals surface area contributed by atoms with Gasteiger partial charge in [-0.1, -0.05) is 25.1 Å². The molecular weight excluding hydrogens is 326 g/mol. The molecular formula is C21H25N3O2. The smallest absolute Gasteiger partial charge is 0.257 e. The fraction of sp³-hybridized carbons (Fsp3) is 0.381. The second-order valence-corrected chi connectivity index (χ2v) is 7.18. The minimum absolute atomic E-state index is 0.0502. The van der Waals surface area contributed by atoms with Crippen LogP contribution in [-0.4, -0.2) is 34.8 Å². The first kappa shape index (κ1) is 18.1. The Labute approximate surface area is 154 Å². The van der Waals surface area contributed by atoms with Gasteiger partial charge in [-0.25, -0.2) is 0 Å². The Hall–Kier alpha value is -2.69. The Morgan fingerprint density at radius 1 is 1.15 bits per heavy atom. The number of likely N-dealkylation sites (tertiary alicyclic amines) is 1. The van der Waals surface area contributed by atoms with E-state index in [2.05, 4.69) is 17.2 Å². The van der Waals surface area contributed by atoms with E-state index in [-0.39, 0.29) is 11.8 Å². The fourth-order valence-electron chi connectivity index (χ4n) is 3.43. The first-order valence-corrected chi connectivity index (χ1v) is 9.07. The van der Waals surface area contributed by atoms with Gasteiger partial charge in [0.2, 0.25) is 0 Å². The first-order chi connectivity index (χ1) is 12.5. The van der Waals surface area contributed by atoms with Gasteiger partial charge in [0.25, 0.3) is 11.8 Å². The van der Waals surface area contributed by atoms with Gasteiger partial charge in [-0.15, -0.1) is 0 Å². The third kappa shape index (κ3) is 3.93. The van der Waals surface area contributed by atoms with Crippen LogP contribution in [0.3, 0.4) is 0 Å². The summed E-state index contributed by atoms with van der Waals surface area (Å²) >= 11 is 0. The molecule has 26 heavy (non-hydrogen) atoms. The monoisotopic (exact) mass is 351 g/mol. The second kappa shape index (κ2) is 7.68. The number of aromatic nitrogens is 1. The summed E-state index contributed by atoms with van der Waals surface area (Å²) in [7, 11) is 0. The van der Waals surface area contributed by atoms with Crippen LogP contribution in [0.15, 0.2) is 36.7 Å². The van der Waals surface area contributed by atoms with Crippen molar-refractivity contribution in [3.05, 3.63) is 58.9 Å². The van der Waals surface area contributed by atoms with Crippen molar-refractivity contribution in [2.45, 2.75) is 33.6 Å². The van der Waals surface area contributed by atoms with Crippen molar-refractivity contribution in [2.24, 2.45) is 5.92 Å². The molecule has 3 rings (SSSR count). The minimum Gasteiger partial charge on any atom is -0.338 e. The number of nitrogens with one attached hydrogen (secondary N) is 1. The van der Waals surface area contributed by atoms with Crippen molar-refractivity contribution in [1.29, 1.82) is 0 Å². The predicted octanol–water partition coefficient (Wildman–Crippen LogP) is 3.82. The molecule has 2 amide bonds. The van der Waals surface area contributed by atoms with Crippen LogP contribution in [0.4, 0.5) is 5.69 Å². The van der Waals surface area contributed by atoms with E-state index >= 15 is 0 Å². The molecule has 2 aromatic rings. The highest BCUT2D eigenvalue weighted by Gasteiger charge is 2.23. The molecule has 1 aromatic heterocycles. The molecule has 2 heterocycles. The summed E-state index contributed by atoms with van der Waals surface area (Å²) in [5.41, 5.74) is 3.66. The van der Waals surface area contributed by atoms with Crippen molar-refractivity contribution in [3.63, 3.8) is 0 Å². The maximum atomic E-state index is 12.7. The molecule has 1 aromatic carbocycles. The van der Waals surface area contributed by atoms with Crippen LogP contribution in [0, 0.1) is 19.8 Å². The normalized spacial score (nSPS) is 17.0. The zero-order chi connectivity index (χ0) is 18.7. The Bertz CT molecular complexity index is 812. The second-order valence-electron chi connectivity index (χ2n) is 7.18. The highest BCUT2D eigenvalue weighted by atomic mass is 16.2. The third-order valence-corrected chi connectivity index (χ3v) is 4.91. The number of rotatable bonds is 3. The summed E-state index contributed by atoms with van der Waals surface area (Å²) in [5, 5.41) is 2.94. The van der Waals surface area contributed by atoms with E-state index in [4.69, 9.17) is 0 Å². The molecule has 0 saturated carbocycles. The summed E-state index contributed by atoms with van der Waals surface area (Å²) in [4.78, 5) is 31.4. The van der Waals surface area contributed by atoms with E-state index in [1.165, 1.54) is 12.4 Å². The van der Waals surface area contributed by atoms with Crippen LogP contribution in [0.1, 0.15) is 51.6 Å². The molecule has 0 radical (unpaired) electrons. The van der Waals surface area contributed by atoms with Crippen LogP contribution in [-0.2, 0) is 0 Å². The van der Waals surface area contributed by atoms with Crippen molar-refractivity contribution < 1.29 is 9.59 Å². The third-order valence-electron chi connectivity index (χ3n) is 4.91. The zero-order valence-electron chi connectivity index (χ0n) is 15.6. The number of aryl methyl sites for hydroxylation is 2. The van der Waals surface area contributed by atoms with Crippen molar-refractivity contribution in [3.8, 4) is 0 Å². The number of nitrogens with zero attached hydrogens (tertiary/aromatic N) is 2. The number of hydrogen-bond acceptors (Lipinski definition) is 3. The van der Waals surface area contributed by atoms with Gasteiger partial charge in [0, 0.05) is 31.2 Å². The summed E-state index contributed by atoms with van der Waals surface area (Å²) in [6.07, 6.45) is 5.21. The van der Waals surface area contributed by atoms with Crippen LogP contribution in [0.25, 0.3) is 0 Å². The predicted molar refractivity (Wildman–Crippen MR) is 102 cm³/mol. The largest absolute Gasteiger partial charge is 0.338 e. The first-order valence-electron chi connectivity index (χ1n) is 9.07. The lowest BCUT2D eigenvalue weighted by Crippen LogP contribution is -2.39. The maximum Gasteiger partial charge on any atom is 0.257 e. The molecule has 5 heteroatoms. The van der Waals surface area contributed by atoms with E-state index in [9.17, 15) is 9.59 Å². The van der Waals surface area contributed by atoms with Crippen LogP contribution >= 0.6 is 0 Å². The van der Waals surface area contributed by atoms with Crippen molar-refractivity contribution in [1.82, 2.24) is 9.88 Å². The number of carbonyl (C=O) groups excluding carboxylic acids is 2. The molecule has 0 bridgehead atoms. The number of pyridine rings is 1. The molecule has 1 saturated heterocycles. The standard InChI is InChI=1S/C21H25N3O2/c1-14-6-5-9-24(13-14)21(26)18-10-17(11-22-12-18)20(25)23-19-15(2)7-4-8-16(19)3/h4,7-8,10-12,14H,5-6,9,13H2,1-3H3,(H,23,25). The highest BCUT2D eigenvalue weighted by molar-refractivity contribution is 6.06. The van der Waals surface area contributed by atoms with Gasteiger partial charge in [-0.3, -0.25) is 14.6 Å². The zero-order valence-corrected chi connectivity index (χ0v) is 15.6. The van der Waals surface area contributed by atoms with Gasteiger partial charge in [-0.05, 0) is 49.8 Å². The Morgan fingerprint density at radius 2 is 1.85 bits per heavy atom. The van der Waals surface area contributed by atoms with Crippen molar-refractivity contribution >= 4 is 17.5 Å². The van der Waals surface area contributed by atoms with Gasteiger partial charge >= 0.3 is 0 Å². The molecule has 0 spiro atoms. The van der Waals surface area contributed by atoms with E-state index < -0.39 is 0 Å². The number of anilines is 1. The number of carbonyl (C=O) groups is 2. The lowest BCUT2D eigenvalue weighted by molar-refractivity contribution is 0.0682. The molecule has 1 fully saturated rings. The Balaban J connectivity index is 1.78. The Kier molecular flexibility index (Phi) is 5.35. The Morgan fingerprint density at radius 3 is 2.54 bits per heavy atom. The minimum atomic E-state index is -0.253. The van der Waals surface area contributed by atoms with Crippen LogP contribution < -0.4 is 5.32 Å². The summed E-state index contributed by atoms with van der Waals surface area (Å²) in [5.74, 6) is 0.207. The van der Waals surface area contributed by atoms with Gasteiger partial charge in [0.15, 0.2) is 0 Å². The van der Waals surface area contributed by atoms with E-state index in [0.717, 1.165) is 42.7 Å². The van der Waals surface area contributed by atoms with E-state index in [1.807, 2.05) is 36.9 Å². The van der Waals surface area contributed by atoms with Crippen molar-refractivity contribution in [2.75, 3.05) is 18.4 Å². The topological polar surface area (TPSA) is 62.3 Å². The fourth-order valence-corrected chi connectivity index (χ4v) is 3.43. The van der Waals surface area contributed by atoms with Gasteiger partial charge in [0.1, 0.15) is 0 Å². The van der Waals surface area contributed by atoms with E-state index in [1.54, 1.807) is 6.07 Å². The SMILES string of the molecule is Cc1cccc(C)c1NC(=O)c1cncc(C(=O)N2CCCC(C)C2)c1. The van der Waals surface area contributed by atoms with Gasteiger partial charge < -0.3 is 10.2 Å². The molecule has 1 aliphatic heterocycles. The molecule has 1 N–H and O–H groups in total. The molecule has 5 nitrogen and oxygen atoms in total. The quantitative estimate of drug-likeness (QED) is 0.914. The summed E-state index contributed by atoms with van der Waals surface area (Å²) in [6, 6.07) is 7.51. The summed E-state index contributed by atoms with van der Waals surface area (Å²) < 4.78 is 0. The molecule has 1 atom stereocenters. The number of piperidine rings is 1. The number of para-hydroxylation sites is 1. The van der Waals surface area contributed by atoms with Gasteiger partial charge in [-0.2, -0.15) is 0 Å². The molecule has 1 aliphatic rings. The highest BCUT2D eigenvalue weighted by Crippen LogP contribution is 2.21. The number of benzene rings is 1. The average molecular weight is 351 g/mol. The number of hydrogen-bond donors (Lipinski definition) is 1. The average Bonchev–Trinajstić information content (AvgIpc) is 2.64. The molecule has 136 valence electrons. The van der Waals surface area contributed by atoms with Crippen LogP contribution in [0.2, 0.25) is 0 Å². The van der Waals surface area contributed by atoms with E-state index in [0.29, 0.717) is 17.0 Å². The maximum absolute atomic E-state index is 12.7.